The molecule has 0 aromatic heterocycles. The van der Waals surface area contributed by atoms with Gasteiger partial charge in [0.05, 0.1) is 12.2 Å². The van der Waals surface area contributed by atoms with Gasteiger partial charge in [-0.1, -0.05) is 6.42 Å². The Kier molecular flexibility index (Phi) is 4.43. The molecule has 2 N–H and O–H groups in total. The smallest absolute Gasteiger partial charge is 0.338 e. The van der Waals surface area contributed by atoms with E-state index in [1.807, 2.05) is 13.0 Å². The number of benzene rings is 1. The molecule has 1 aromatic rings. The van der Waals surface area contributed by atoms with Crippen molar-refractivity contribution in [1.82, 2.24) is 4.90 Å². The Hall–Kier alpha value is -1.55. The van der Waals surface area contributed by atoms with Gasteiger partial charge in [-0.2, -0.15) is 0 Å². The zero-order valence-electron chi connectivity index (χ0n) is 11.7. The molecule has 1 fully saturated rings. The number of anilines is 1. The maximum atomic E-state index is 12.0. The lowest BCUT2D eigenvalue weighted by Crippen LogP contribution is -2.31. The van der Waals surface area contributed by atoms with E-state index in [0.717, 1.165) is 18.5 Å². The van der Waals surface area contributed by atoms with Crippen molar-refractivity contribution in [2.45, 2.75) is 32.2 Å². The average Bonchev–Trinajstić information content (AvgIpc) is 2.39. The van der Waals surface area contributed by atoms with Gasteiger partial charge < -0.3 is 10.5 Å². The van der Waals surface area contributed by atoms with Crippen LogP contribution in [0.3, 0.4) is 0 Å². The summed E-state index contributed by atoms with van der Waals surface area (Å²) in [6.45, 7) is 3.27. The first-order chi connectivity index (χ1) is 9.13. The number of hydrogen-bond donors (Lipinski definition) is 1. The van der Waals surface area contributed by atoms with Crippen molar-refractivity contribution in [1.29, 1.82) is 0 Å². The second-order valence-corrected chi connectivity index (χ2v) is 5.06. The predicted molar refractivity (Wildman–Crippen MR) is 76.0 cm³/mol. The first kappa shape index (κ1) is 13.9. The Balaban J connectivity index is 2.36. The number of esters is 1. The number of carbonyl (C=O) groups excluding carboxylic acids is 1. The van der Waals surface area contributed by atoms with Gasteiger partial charge in [0.15, 0.2) is 0 Å². The summed E-state index contributed by atoms with van der Waals surface area (Å²) in [6, 6.07) is 5.72. The second-order valence-electron chi connectivity index (χ2n) is 5.06. The first-order valence-electron chi connectivity index (χ1n) is 6.90. The average molecular weight is 262 g/mol. The minimum absolute atomic E-state index is 0.253. The van der Waals surface area contributed by atoms with Crippen molar-refractivity contribution in [3.8, 4) is 0 Å². The van der Waals surface area contributed by atoms with Crippen LogP contribution in [-0.4, -0.2) is 31.1 Å². The van der Waals surface area contributed by atoms with E-state index in [9.17, 15) is 4.79 Å². The molecule has 1 unspecified atom stereocenters. The Morgan fingerprint density at radius 3 is 2.95 bits per heavy atom. The Morgan fingerprint density at radius 2 is 2.26 bits per heavy atom. The van der Waals surface area contributed by atoms with Crippen LogP contribution in [0.1, 0.15) is 48.1 Å². The van der Waals surface area contributed by atoms with Gasteiger partial charge >= 0.3 is 5.97 Å². The van der Waals surface area contributed by atoms with Crippen molar-refractivity contribution in [2.75, 3.05) is 25.9 Å². The number of nitrogens with two attached hydrogens (primary N) is 1. The highest BCUT2D eigenvalue weighted by atomic mass is 16.5. The van der Waals surface area contributed by atoms with Crippen LogP contribution in [0, 0.1) is 0 Å². The Labute approximate surface area is 114 Å². The maximum absolute atomic E-state index is 12.0. The summed E-state index contributed by atoms with van der Waals surface area (Å²) in [5.41, 5.74) is 8.23. The third kappa shape index (κ3) is 3.07. The number of ether oxygens (including phenoxy) is 1. The third-order valence-electron chi connectivity index (χ3n) is 3.70. The lowest BCUT2D eigenvalue weighted by molar-refractivity contribution is 0.0521. The van der Waals surface area contributed by atoms with Crippen molar-refractivity contribution >= 4 is 11.7 Å². The van der Waals surface area contributed by atoms with Crippen LogP contribution in [0.4, 0.5) is 5.69 Å². The van der Waals surface area contributed by atoms with Crippen LogP contribution in [0.25, 0.3) is 0 Å². The molecule has 4 heteroatoms. The third-order valence-corrected chi connectivity index (χ3v) is 3.70. The summed E-state index contributed by atoms with van der Waals surface area (Å²) in [7, 11) is 2.10. The van der Waals surface area contributed by atoms with Gasteiger partial charge in [0.25, 0.3) is 0 Å². The molecular formula is C15H22N2O2. The summed E-state index contributed by atoms with van der Waals surface area (Å²) in [5.74, 6) is -0.253. The van der Waals surface area contributed by atoms with E-state index in [0.29, 0.717) is 17.9 Å². The lowest BCUT2D eigenvalue weighted by Gasteiger charge is -2.33. The summed E-state index contributed by atoms with van der Waals surface area (Å²) in [6.07, 6.45) is 3.46. The summed E-state index contributed by atoms with van der Waals surface area (Å²) < 4.78 is 5.14. The quantitative estimate of drug-likeness (QED) is 0.672. The fourth-order valence-corrected chi connectivity index (χ4v) is 2.72. The molecule has 0 aliphatic carbocycles. The molecule has 1 aromatic carbocycles. The molecule has 0 bridgehead atoms. The number of nitrogen functional groups attached to an aromatic ring is 1. The molecule has 1 aliphatic rings. The first-order valence-corrected chi connectivity index (χ1v) is 6.90. The molecule has 1 atom stereocenters. The second kappa shape index (κ2) is 6.06. The van der Waals surface area contributed by atoms with Gasteiger partial charge in [0.2, 0.25) is 0 Å². The molecule has 0 spiro atoms. The topological polar surface area (TPSA) is 55.6 Å². The van der Waals surface area contributed by atoms with Gasteiger partial charge in [-0.3, -0.25) is 4.90 Å². The van der Waals surface area contributed by atoms with Gasteiger partial charge in [-0.25, -0.2) is 4.79 Å². The summed E-state index contributed by atoms with van der Waals surface area (Å²) in [5, 5.41) is 0. The molecule has 0 amide bonds. The SMILES string of the molecule is CCOC(=O)c1ccc(N)cc1C1CCCCN1C. The Bertz CT molecular complexity index is 459. The van der Waals surface area contributed by atoms with Crippen molar-refractivity contribution in [2.24, 2.45) is 0 Å². The van der Waals surface area contributed by atoms with Gasteiger partial charge in [-0.05, 0) is 57.1 Å². The number of likely N-dealkylation sites (tertiary alicyclic amines) is 1. The van der Waals surface area contributed by atoms with Crippen molar-refractivity contribution in [3.05, 3.63) is 29.3 Å². The largest absolute Gasteiger partial charge is 0.462 e. The fourth-order valence-electron chi connectivity index (χ4n) is 2.72. The number of rotatable bonds is 3. The van der Waals surface area contributed by atoms with E-state index in [1.54, 1.807) is 12.1 Å². The highest BCUT2D eigenvalue weighted by Crippen LogP contribution is 2.33. The zero-order valence-corrected chi connectivity index (χ0v) is 11.7. The van der Waals surface area contributed by atoms with Crippen LogP contribution in [0.15, 0.2) is 18.2 Å². The summed E-state index contributed by atoms with van der Waals surface area (Å²) >= 11 is 0. The predicted octanol–water partition coefficient (Wildman–Crippen LogP) is 2.60. The molecule has 0 radical (unpaired) electrons. The zero-order chi connectivity index (χ0) is 13.8. The number of carbonyl (C=O) groups is 1. The van der Waals surface area contributed by atoms with Crippen molar-refractivity contribution < 1.29 is 9.53 Å². The Morgan fingerprint density at radius 1 is 1.47 bits per heavy atom. The molecule has 1 heterocycles. The van der Waals surface area contributed by atoms with E-state index in [2.05, 4.69) is 11.9 Å². The van der Waals surface area contributed by atoms with Crippen LogP contribution < -0.4 is 5.73 Å². The molecule has 104 valence electrons. The van der Waals surface area contributed by atoms with E-state index in [-0.39, 0.29) is 12.0 Å². The molecule has 2 rings (SSSR count). The van der Waals surface area contributed by atoms with E-state index in [1.165, 1.54) is 12.8 Å². The fraction of sp³-hybridized carbons (Fsp3) is 0.533. The standard InChI is InChI=1S/C15H22N2O2/c1-3-19-15(18)12-8-7-11(16)10-13(12)14-6-4-5-9-17(14)2/h7-8,10,14H,3-6,9,16H2,1-2H3. The van der Waals surface area contributed by atoms with E-state index < -0.39 is 0 Å². The monoisotopic (exact) mass is 262 g/mol. The number of piperidine rings is 1. The van der Waals surface area contributed by atoms with Crippen LogP contribution in [-0.2, 0) is 4.74 Å². The molecule has 1 aliphatic heterocycles. The van der Waals surface area contributed by atoms with Gasteiger partial charge in [-0.15, -0.1) is 0 Å². The molecule has 1 saturated heterocycles. The molecular weight excluding hydrogens is 240 g/mol. The summed E-state index contributed by atoms with van der Waals surface area (Å²) in [4.78, 5) is 14.3. The molecule has 19 heavy (non-hydrogen) atoms. The normalized spacial score (nSPS) is 20.2. The van der Waals surface area contributed by atoms with Crippen LogP contribution >= 0.6 is 0 Å². The minimum Gasteiger partial charge on any atom is -0.462 e. The maximum Gasteiger partial charge on any atom is 0.338 e. The van der Waals surface area contributed by atoms with Crippen LogP contribution in [0.5, 0.6) is 0 Å². The number of hydrogen-bond acceptors (Lipinski definition) is 4. The van der Waals surface area contributed by atoms with E-state index >= 15 is 0 Å². The van der Waals surface area contributed by atoms with Crippen LogP contribution in [0.2, 0.25) is 0 Å². The molecule has 4 nitrogen and oxygen atoms in total. The number of nitrogens with zero attached hydrogens (tertiary/aromatic N) is 1. The highest BCUT2D eigenvalue weighted by molar-refractivity contribution is 5.91. The van der Waals surface area contributed by atoms with E-state index in [4.69, 9.17) is 10.5 Å². The van der Waals surface area contributed by atoms with Gasteiger partial charge in [0, 0.05) is 11.7 Å². The van der Waals surface area contributed by atoms with Crippen molar-refractivity contribution in [3.63, 3.8) is 0 Å². The molecule has 0 saturated carbocycles. The van der Waals surface area contributed by atoms with Gasteiger partial charge in [0.1, 0.15) is 0 Å². The lowest BCUT2D eigenvalue weighted by atomic mass is 9.92. The highest BCUT2D eigenvalue weighted by Gasteiger charge is 2.25. The minimum atomic E-state index is -0.253.